The molecule has 0 N–H and O–H groups in total. The SMILES string of the molecule is CC1CN(C)CCN1C(=O)c1csc(-c2cnn(C)c2)n1. The van der Waals surface area contributed by atoms with Crippen molar-refractivity contribution in [1.29, 1.82) is 0 Å². The molecule has 1 fully saturated rings. The molecule has 0 radical (unpaired) electrons. The lowest BCUT2D eigenvalue weighted by Gasteiger charge is -2.37. The lowest BCUT2D eigenvalue weighted by Crippen LogP contribution is -2.52. The predicted molar refractivity (Wildman–Crippen MR) is 82.3 cm³/mol. The summed E-state index contributed by atoms with van der Waals surface area (Å²) in [5.74, 6) is 0.0296. The Morgan fingerprint density at radius 3 is 2.86 bits per heavy atom. The molecule has 112 valence electrons. The summed E-state index contributed by atoms with van der Waals surface area (Å²) in [6.07, 6.45) is 3.68. The summed E-state index contributed by atoms with van der Waals surface area (Å²) in [6, 6.07) is 0.222. The number of amides is 1. The number of hydrogen-bond donors (Lipinski definition) is 0. The summed E-state index contributed by atoms with van der Waals surface area (Å²) in [5, 5.41) is 6.82. The Bertz CT molecular complexity index is 649. The van der Waals surface area contributed by atoms with E-state index in [0.29, 0.717) is 5.69 Å². The largest absolute Gasteiger partial charge is 0.332 e. The summed E-state index contributed by atoms with van der Waals surface area (Å²) < 4.78 is 1.74. The Morgan fingerprint density at radius 1 is 1.38 bits per heavy atom. The van der Waals surface area contributed by atoms with E-state index in [0.717, 1.165) is 30.2 Å². The number of aryl methyl sites for hydroxylation is 1. The minimum Gasteiger partial charge on any atom is -0.332 e. The molecule has 1 aliphatic heterocycles. The predicted octanol–water partition coefficient (Wildman–Crippen LogP) is 1.32. The minimum atomic E-state index is 0.0296. The molecule has 1 saturated heterocycles. The highest BCUT2D eigenvalue weighted by Crippen LogP contribution is 2.24. The van der Waals surface area contributed by atoms with Crippen molar-refractivity contribution in [3.63, 3.8) is 0 Å². The maximum Gasteiger partial charge on any atom is 0.273 e. The Balaban J connectivity index is 1.78. The van der Waals surface area contributed by atoms with Crippen molar-refractivity contribution < 1.29 is 4.79 Å². The first-order valence-corrected chi connectivity index (χ1v) is 7.86. The highest BCUT2D eigenvalue weighted by Gasteiger charge is 2.28. The van der Waals surface area contributed by atoms with Crippen LogP contribution < -0.4 is 0 Å². The van der Waals surface area contributed by atoms with Crippen molar-refractivity contribution in [2.45, 2.75) is 13.0 Å². The fourth-order valence-corrected chi connectivity index (χ4v) is 3.39. The van der Waals surface area contributed by atoms with E-state index < -0.39 is 0 Å². The van der Waals surface area contributed by atoms with Crippen molar-refractivity contribution in [3.8, 4) is 10.6 Å². The van der Waals surface area contributed by atoms with Crippen LogP contribution in [0.25, 0.3) is 10.6 Å². The Hall–Kier alpha value is -1.73. The topological polar surface area (TPSA) is 54.3 Å². The van der Waals surface area contributed by atoms with Gasteiger partial charge in [0.2, 0.25) is 0 Å². The molecule has 7 heteroatoms. The van der Waals surface area contributed by atoms with Gasteiger partial charge in [0.05, 0.1) is 6.20 Å². The lowest BCUT2D eigenvalue weighted by atomic mass is 10.2. The number of hydrogen-bond acceptors (Lipinski definition) is 5. The van der Waals surface area contributed by atoms with Gasteiger partial charge in [-0.3, -0.25) is 9.48 Å². The second kappa shape index (κ2) is 5.57. The monoisotopic (exact) mass is 305 g/mol. The molecule has 1 unspecified atom stereocenters. The van der Waals surface area contributed by atoms with Gasteiger partial charge in [-0.15, -0.1) is 11.3 Å². The van der Waals surface area contributed by atoms with Crippen LogP contribution in [0, 0.1) is 0 Å². The Kier molecular flexibility index (Phi) is 3.77. The molecule has 3 rings (SSSR count). The zero-order valence-corrected chi connectivity index (χ0v) is 13.3. The molecule has 1 aliphatic rings. The van der Waals surface area contributed by atoms with E-state index in [1.165, 1.54) is 11.3 Å². The van der Waals surface area contributed by atoms with Gasteiger partial charge in [-0.25, -0.2) is 4.98 Å². The molecule has 1 atom stereocenters. The number of carbonyl (C=O) groups excluding carboxylic acids is 1. The van der Waals surface area contributed by atoms with E-state index >= 15 is 0 Å². The molecule has 0 aliphatic carbocycles. The maximum absolute atomic E-state index is 12.6. The normalized spacial score (nSPS) is 20.0. The smallest absolute Gasteiger partial charge is 0.273 e. The third-order valence-electron chi connectivity index (χ3n) is 3.77. The van der Waals surface area contributed by atoms with Crippen molar-refractivity contribution in [1.82, 2.24) is 24.6 Å². The Labute approximate surface area is 128 Å². The number of thiazole rings is 1. The van der Waals surface area contributed by atoms with Gasteiger partial charge in [-0.1, -0.05) is 0 Å². The molecule has 2 aromatic rings. The van der Waals surface area contributed by atoms with Gasteiger partial charge in [-0.2, -0.15) is 5.10 Å². The molecule has 6 nitrogen and oxygen atoms in total. The summed E-state index contributed by atoms with van der Waals surface area (Å²) >= 11 is 1.49. The van der Waals surface area contributed by atoms with Gasteiger partial charge in [0, 0.05) is 49.9 Å². The molecule has 21 heavy (non-hydrogen) atoms. The third kappa shape index (κ3) is 2.84. The first-order chi connectivity index (χ1) is 10.0. The molecular weight excluding hydrogens is 286 g/mol. The standard InChI is InChI=1S/C14H19N5OS/c1-10-7-17(2)4-5-19(10)14(20)12-9-21-13(16-12)11-6-15-18(3)8-11/h6,8-10H,4-5,7H2,1-3H3. The average molecular weight is 305 g/mol. The second-order valence-corrected chi connectivity index (χ2v) is 6.41. The summed E-state index contributed by atoms with van der Waals surface area (Å²) in [7, 11) is 3.96. The van der Waals surface area contributed by atoms with Crippen LogP contribution >= 0.6 is 11.3 Å². The molecular formula is C14H19N5OS. The van der Waals surface area contributed by atoms with Crippen molar-refractivity contribution in [2.75, 3.05) is 26.7 Å². The maximum atomic E-state index is 12.6. The van der Waals surface area contributed by atoms with E-state index in [9.17, 15) is 4.79 Å². The van der Waals surface area contributed by atoms with Gasteiger partial charge in [-0.05, 0) is 14.0 Å². The van der Waals surface area contributed by atoms with Gasteiger partial charge >= 0.3 is 0 Å². The van der Waals surface area contributed by atoms with Crippen LogP contribution in [0.4, 0.5) is 0 Å². The first kappa shape index (κ1) is 14.2. The highest BCUT2D eigenvalue weighted by atomic mass is 32.1. The molecule has 2 aromatic heterocycles. The third-order valence-corrected chi connectivity index (χ3v) is 4.66. The minimum absolute atomic E-state index is 0.0296. The highest BCUT2D eigenvalue weighted by molar-refractivity contribution is 7.13. The van der Waals surface area contributed by atoms with Gasteiger partial charge in [0.15, 0.2) is 0 Å². The fraction of sp³-hybridized carbons (Fsp3) is 0.500. The number of likely N-dealkylation sites (N-methyl/N-ethyl adjacent to an activating group) is 1. The molecule has 0 saturated carbocycles. The average Bonchev–Trinajstić information content (AvgIpc) is 3.06. The number of nitrogens with zero attached hydrogens (tertiary/aromatic N) is 5. The summed E-state index contributed by atoms with van der Waals surface area (Å²) in [5.41, 5.74) is 1.49. The van der Waals surface area contributed by atoms with E-state index in [1.807, 2.05) is 23.5 Å². The van der Waals surface area contributed by atoms with Crippen molar-refractivity contribution in [2.24, 2.45) is 7.05 Å². The van der Waals surface area contributed by atoms with E-state index in [2.05, 4.69) is 29.0 Å². The van der Waals surface area contributed by atoms with Crippen LogP contribution in [0.5, 0.6) is 0 Å². The first-order valence-electron chi connectivity index (χ1n) is 6.98. The van der Waals surface area contributed by atoms with Gasteiger partial charge in [0.25, 0.3) is 5.91 Å². The van der Waals surface area contributed by atoms with Crippen molar-refractivity contribution in [3.05, 3.63) is 23.5 Å². The number of aromatic nitrogens is 3. The number of piperazine rings is 1. The van der Waals surface area contributed by atoms with Crippen LogP contribution in [-0.4, -0.2) is 63.2 Å². The molecule has 1 amide bonds. The van der Waals surface area contributed by atoms with Crippen LogP contribution in [-0.2, 0) is 7.05 Å². The van der Waals surface area contributed by atoms with Crippen LogP contribution in [0.3, 0.4) is 0 Å². The quantitative estimate of drug-likeness (QED) is 0.840. The molecule has 0 bridgehead atoms. The lowest BCUT2D eigenvalue weighted by molar-refractivity contribution is 0.0528. The van der Waals surface area contributed by atoms with Crippen molar-refractivity contribution >= 4 is 17.2 Å². The van der Waals surface area contributed by atoms with Gasteiger partial charge in [0.1, 0.15) is 10.7 Å². The van der Waals surface area contributed by atoms with Crippen LogP contribution in [0.15, 0.2) is 17.8 Å². The van der Waals surface area contributed by atoms with E-state index in [-0.39, 0.29) is 11.9 Å². The number of carbonyl (C=O) groups is 1. The second-order valence-electron chi connectivity index (χ2n) is 5.55. The molecule has 0 aromatic carbocycles. The van der Waals surface area contributed by atoms with Gasteiger partial charge < -0.3 is 9.80 Å². The van der Waals surface area contributed by atoms with Crippen LogP contribution in [0.1, 0.15) is 17.4 Å². The van der Waals surface area contributed by atoms with Crippen LogP contribution in [0.2, 0.25) is 0 Å². The van der Waals surface area contributed by atoms with E-state index in [4.69, 9.17) is 0 Å². The fourth-order valence-electron chi connectivity index (χ4n) is 2.62. The zero-order valence-electron chi connectivity index (χ0n) is 12.5. The molecule has 3 heterocycles. The molecule has 0 spiro atoms. The zero-order chi connectivity index (χ0) is 15.0. The summed E-state index contributed by atoms with van der Waals surface area (Å²) in [4.78, 5) is 21.2. The van der Waals surface area contributed by atoms with E-state index in [1.54, 1.807) is 10.9 Å². The number of rotatable bonds is 2. The Morgan fingerprint density at radius 2 is 2.19 bits per heavy atom. The summed E-state index contributed by atoms with van der Waals surface area (Å²) in [6.45, 7) is 4.67.